The van der Waals surface area contributed by atoms with Crippen LogP contribution in [-0.4, -0.2) is 30.1 Å². The van der Waals surface area contributed by atoms with Crippen molar-refractivity contribution in [3.63, 3.8) is 0 Å². The van der Waals surface area contributed by atoms with E-state index in [0.717, 1.165) is 5.56 Å². The van der Waals surface area contributed by atoms with Gasteiger partial charge in [0.1, 0.15) is 11.6 Å². The van der Waals surface area contributed by atoms with Crippen LogP contribution >= 0.6 is 0 Å². The molecule has 1 N–H and O–H groups in total. The Morgan fingerprint density at radius 3 is 2.37 bits per heavy atom. The Morgan fingerprint density at radius 2 is 1.77 bits per heavy atom. The second kappa shape index (κ2) is 11.5. The van der Waals surface area contributed by atoms with Crippen LogP contribution in [0.4, 0.5) is 5.69 Å². The summed E-state index contributed by atoms with van der Waals surface area (Å²) in [5.74, 6) is 0.939. The van der Waals surface area contributed by atoms with Gasteiger partial charge in [0.15, 0.2) is 11.5 Å². The van der Waals surface area contributed by atoms with Crippen molar-refractivity contribution in [1.29, 1.82) is 5.26 Å². The molecule has 0 aromatic heterocycles. The molecule has 0 unspecified atom stereocenters. The Morgan fingerprint density at radius 1 is 1.10 bits per heavy atom. The van der Waals surface area contributed by atoms with Crippen LogP contribution in [0.3, 0.4) is 0 Å². The fourth-order valence-electron chi connectivity index (χ4n) is 2.86. The van der Waals surface area contributed by atoms with Crippen molar-refractivity contribution in [2.45, 2.75) is 40.3 Å². The summed E-state index contributed by atoms with van der Waals surface area (Å²) in [5, 5.41) is 12.6. The quantitative estimate of drug-likeness (QED) is 0.455. The van der Waals surface area contributed by atoms with E-state index in [9.17, 15) is 10.1 Å². The van der Waals surface area contributed by atoms with E-state index in [1.807, 2.05) is 70.2 Å². The van der Waals surface area contributed by atoms with Crippen molar-refractivity contribution in [3.05, 3.63) is 65.9 Å². The van der Waals surface area contributed by atoms with Gasteiger partial charge in [-0.25, -0.2) is 0 Å². The molecule has 158 valence electrons. The Bertz CT molecular complexity index is 902. The van der Waals surface area contributed by atoms with Crippen LogP contribution in [0.15, 0.2) is 60.3 Å². The molecule has 0 aliphatic heterocycles. The van der Waals surface area contributed by atoms with Crippen LogP contribution in [0.5, 0.6) is 11.5 Å². The summed E-state index contributed by atoms with van der Waals surface area (Å²) in [6.07, 6.45) is 1.44. The molecule has 0 atom stereocenters. The van der Waals surface area contributed by atoms with Crippen LogP contribution in [0, 0.1) is 11.3 Å². The van der Waals surface area contributed by atoms with Crippen molar-refractivity contribution in [2.24, 2.45) is 0 Å². The lowest BCUT2D eigenvalue weighted by molar-refractivity contribution is -0.129. The zero-order chi connectivity index (χ0) is 21.9. The summed E-state index contributed by atoms with van der Waals surface area (Å²) in [5.41, 5.74) is 1.74. The van der Waals surface area contributed by atoms with Crippen LogP contribution in [0.2, 0.25) is 0 Å². The molecule has 6 heteroatoms. The summed E-state index contributed by atoms with van der Waals surface area (Å²) in [6.45, 7) is 9.15. The molecule has 0 spiro atoms. The number of nitriles is 1. The molecule has 0 heterocycles. The second-order valence-corrected chi connectivity index (χ2v) is 6.85. The predicted octanol–water partition coefficient (Wildman–Crippen LogP) is 4.74. The average Bonchev–Trinajstić information content (AvgIpc) is 2.75. The first-order valence-corrected chi connectivity index (χ1v) is 10.1. The first-order chi connectivity index (χ1) is 14.5. The van der Waals surface area contributed by atoms with Crippen molar-refractivity contribution < 1.29 is 14.3 Å². The molecule has 0 saturated carbocycles. The van der Waals surface area contributed by atoms with Gasteiger partial charge in [0.2, 0.25) is 0 Å². The van der Waals surface area contributed by atoms with Crippen molar-refractivity contribution in [2.75, 3.05) is 18.5 Å². The fraction of sp³-hybridized carbons (Fsp3) is 0.333. The monoisotopic (exact) mass is 407 g/mol. The molecule has 0 saturated heterocycles. The fourth-order valence-corrected chi connectivity index (χ4v) is 2.86. The van der Waals surface area contributed by atoms with Crippen LogP contribution < -0.4 is 14.8 Å². The largest absolute Gasteiger partial charge is 0.490 e. The maximum Gasteiger partial charge on any atom is 0.266 e. The third kappa shape index (κ3) is 6.28. The third-order valence-electron chi connectivity index (χ3n) is 4.36. The summed E-state index contributed by atoms with van der Waals surface area (Å²) in [7, 11) is 0. The number of anilines is 1. The minimum absolute atomic E-state index is 0.0338. The van der Waals surface area contributed by atoms with Gasteiger partial charge in [0.05, 0.1) is 13.2 Å². The number of carbonyl (C=O) groups excluding carboxylic acids is 1. The molecule has 2 rings (SSSR count). The lowest BCUT2D eigenvalue weighted by Gasteiger charge is -2.26. The minimum atomic E-state index is -0.320. The van der Waals surface area contributed by atoms with E-state index < -0.39 is 0 Å². The molecule has 0 aliphatic carbocycles. The smallest absolute Gasteiger partial charge is 0.266 e. The van der Waals surface area contributed by atoms with Gasteiger partial charge in [-0.1, -0.05) is 30.3 Å². The normalized spacial score (nSPS) is 11.0. The highest BCUT2D eigenvalue weighted by molar-refractivity contribution is 5.97. The van der Waals surface area contributed by atoms with E-state index in [0.29, 0.717) is 36.9 Å². The summed E-state index contributed by atoms with van der Waals surface area (Å²) < 4.78 is 11.2. The van der Waals surface area contributed by atoms with Crippen molar-refractivity contribution in [1.82, 2.24) is 4.90 Å². The van der Waals surface area contributed by atoms with Crippen LogP contribution in [0.1, 0.15) is 33.3 Å². The Labute approximate surface area is 178 Å². The standard InChI is InChI=1S/C24H29N3O3/c1-5-29-22-13-12-21(14-23(22)30-6-2)26-16-20(15-25)24(28)27(18(3)4)17-19-10-8-7-9-11-19/h7-14,16,18,26H,5-6,17H2,1-4H3/b20-16-. The van der Waals surface area contributed by atoms with Gasteiger partial charge in [-0.15, -0.1) is 0 Å². The Balaban J connectivity index is 2.20. The molecule has 2 aromatic rings. The van der Waals surface area contributed by atoms with E-state index >= 15 is 0 Å². The molecular formula is C24H29N3O3. The highest BCUT2D eigenvalue weighted by Gasteiger charge is 2.21. The van der Waals surface area contributed by atoms with Crippen LogP contribution in [-0.2, 0) is 11.3 Å². The number of carbonyl (C=O) groups is 1. The predicted molar refractivity (Wildman–Crippen MR) is 118 cm³/mol. The van der Waals surface area contributed by atoms with Gasteiger partial charge in [0.25, 0.3) is 5.91 Å². The Hall–Kier alpha value is -3.46. The number of amides is 1. The molecule has 2 aromatic carbocycles. The van der Waals surface area contributed by atoms with Gasteiger partial charge in [-0.05, 0) is 45.4 Å². The van der Waals surface area contributed by atoms with E-state index in [2.05, 4.69) is 5.32 Å². The number of hydrogen-bond acceptors (Lipinski definition) is 5. The van der Waals surface area contributed by atoms with Gasteiger partial charge in [-0.3, -0.25) is 4.79 Å². The number of nitrogens with zero attached hydrogens (tertiary/aromatic N) is 2. The number of nitrogens with one attached hydrogen (secondary N) is 1. The van der Waals surface area contributed by atoms with E-state index in [-0.39, 0.29) is 17.5 Å². The molecular weight excluding hydrogens is 378 g/mol. The number of hydrogen-bond donors (Lipinski definition) is 1. The summed E-state index contributed by atoms with van der Waals surface area (Å²) in [6, 6.07) is 17.1. The Kier molecular flexibility index (Phi) is 8.76. The summed E-state index contributed by atoms with van der Waals surface area (Å²) in [4.78, 5) is 14.7. The van der Waals surface area contributed by atoms with Gasteiger partial charge < -0.3 is 19.7 Å². The molecule has 0 aliphatic rings. The van der Waals surface area contributed by atoms with Gasteiger partial charge in [0, 0.05) is 30.5 Å². The van der Waals surface area contributed by atoms with Crippen molar-refractivity contribution in [3.8, 4) is 17.6 Å². The molecule has 1 amide bonds. The van der Waals surface area contributed by atoms with E-state index in [1.165, 1.54) is 6.20 Å². The number of benzene rings is 2. The molecule has 6 nitrogen and oxygen atoms in total. The minimum Gasteiger partial charge on any atom is -0.490 e. The lowest BCUT2D eigenvalue weighted by atomic mass is 10.1. The number of ether oxygens (including phenoxy) is 2. The maximum atomic E-state index is 13.0. The SMILES string of the molecule is CCOc1ccc(N/C=C(/C#N)C(=O)N(Cc2ccccc2)C(C)C)cc1OCC. The second-order valence-electron chi connectivity index (χ2n) is 6.85. The topological polar surface area (TPSA) is 74.6 Å². The third-order valence-corrected chi connectivity index (χ3v) is 4.36. The zero-order valence-corrected chi connectivity index (χ0v) is 18.0. The zero-order valence-electron chi connectivity index (χ0n) is 18.0. The number of rotatable bonds is 10. The first-order valence-electron chi connectivity index (χ1n) is 10.1. The molecule has 0 fully saturated rings. The first kappa shape index (κ1) is 22.8. The van der Waals surface area contributed by atoms with Crippen molar-refractivity contribution >= 4 is 11.6 Å². The molecule has 30 heavy (non-hydrogen) atoms. The highest BCUT2D eigenvalue weighted by Crippen LogP contribution is 2.30. The maximum absolute atomic E-state index is 13.0. The average molecular weight is 408 g/mol. The highest BCUT2D eigenvalue weighted by atomic mass is 16.5. The van der Waals surface area contributed by atoms with Crippen LogP contribution in [0.25, 0.3) is 0 Å². The molecule has 0 radical (unpaired) electrons. The summed E-state index contributed by atoms with van der Waals surface area (Å²) >= 11 is 0. The molecule has 0 bridgehead atoms. The lowest BCUT2D eigenvalue weighted by Crippen LogP contribution is -2.37. The van der Waals surface area contributed by atoms with Gasteiger partial charge >= 0.3 is 0 Å². The van der Waals surface area contributed by atoms with E-state index in [4.69, 9.17) is 9.47 Å². The van der Waals surface area contributed by atoms with Gasteiger partial charge in [-0.2, -0.15) is 5.26 Å². The van der Waals surface area contributed by atoms with E-state index in [1.54, 1.807) is 17.0 Å².